The lowest BCUT2D eigenvalue weighted by Gasteiger charge is -2.27. The second-order valence-electron chi connectivity index (χ2n) is 6.43. The molecule has 3 rings (SSSR count). The molecule has 1 aliphatic rings. The molecule has 0 bridgehead atoms. The zero-order valence-electron chi connectivity index (χ0n) is 14.2. The first-order valence-electron chi connectivity index (χ1n) is 8.61. The van der Waals surface area contributed by atoms with E-state index in [9.17, 15) is 13.6 Å². The maximum atomic E-state index is 14.1. The normalized spacial score (nSPS) is 16.7. The van der Waals surface area contributed by atoms with Crippen LogP contribution in [-0.4, -0.2) is 23.9 Å². The van der Waals surface area contributed by atoms with Crippen molar-refractivity contribution in [3.63, 3.8) is 0 Å². The molecule has 1 aliphatic heterocycles. The Balaban J connectivity index is 1.85. The maximum absolute atomic E-state index is 14.1. The van der Waals surface area contributed by atoms with E-state index in [0.717, 1.165) is 37.6 Å². The predicted octanol–water partition coefficient (Wildman–Crippen LogP) is 3.98. The lowest BCUT2D eigenvalue weighted by atomic mass is 10.0. The van der Waals surface area contributed by atoms with Gasteiger partial charge in [0.05, 0.1) is 0 Å². The van der Waals surface area contributed by atoms with Crippen LogP contribution in [-0.2, 0) is 4.79 Å². The molecule has 2 atom stereocenters. The van der Waals surface area contributed by atoms with Gasteiger partial charge in [-0.2, -0.15) is 0 Å². The highest BCUT2D eigenvalue weighted by Gasteiger charge is 2.29. The van der Waals surface area contributed by atoms with Crippen LogP contribution >= 0.6 is 0 Å². The lowest BCUT2D eigenvalue weighted by Crippen LogP contribution is -2.40. The van der Waals surface area contributed by atoms with Gasteiger partial charge < -0.3 is 4.90 Å². The maximum Gasteiger partial charge on any atom is 0.244 e. The van der Waals surface area contributed by atoms with Crippen LogP contribution < -0.4 is 5.32 Å². The van der Waals surface area contributed by atoms with Crippen LogP contribution in [0.1, 0.15) is 43.0 Å². The Hall–Kier alpha value is -2.27. The molecular formula is C20H22F2N2O. The third-order valence-corrected chi connectivity index (χ3v) is 4.64. The first-order chi connectivity index (χ1) is 12.1. The summed E-state index contributed by atoms with van der Waals surface area (Å²) in [6.45, 7) is 3.29. The molecule has 1 saturated heterocycles. The Morgan fingerprint density at radius 2 is 1.76 bits per heavy atom. The number of hydrogen-bond acceptors (Lipinski definition) is 2. The van der Waals surface area contributed by atoms with Crippen molar-refractivity contribution < 1.29 is 13.6 Å². The molecule has 5 heteroatoms. The molecule has 0 unspecified atom stereocenters. The highest BCUT2D eigenvalue weighted by atomic mass is 19.1. The minimum Gasteiger partial charge on any atom is -0.341 e. The molecule has 1 heterocycles. The van der Waals surface area contributed by atoms with Crippen molar-refractivity contribution >= 4 is 5.91 Å². The second kappa shape index (κ2) is 7.74. The number of likely N-dealkylation sites (tertiary alicyclic amines) is 1. The fraction of sp³-hybridized carbons (Fsp3) is 0.350. The Morgan fingerprint density at radius 3 is 2.40 bits per heavy atom. The van der Waals surface area contributed by atoms with Gasteiger partial charge in [-0.15, -0.1) is 0 Å². The minimum atomic E-state index is -0.611. The molecule has 1 fully saturated rings. The van der Waals surface area contributed by atoms with E-state index in [0.29, 0.717) is 5.56 Å². The summed E-state index contributed by atoms with van der Waals surface area (Å²) in [5, 5.41) is 3.23. The average molecular weight is 344 g/mol. The van der Waals surface area contributed by atoms with E-state index in [-0.39, 0.29) is 5.91 Å². The number of nitrogens with zero attached hydrogens (tertiary/aromatic N) is 1. The molecule has 132 valence electrons. The highest BCUT2D eigenvalue weighted by Crippen LogP contribution is 2.25. The topological polar surface area (TPSA) is 32.3 Å². The molecule has 0 aliphatic carbocycles. The lowest BCUT2D eigenvalue weighted by molar-refractivity contribution is -0.132. The fourth-order valence-corrected chi connectivity index (χ4v) is 3.27. The van der Waals surface area contributed by atoms with Crippen molar-refractivity contribution in [3.8, 4) is 0 Å². The second-order valence-corrected chi connectivity index (χ2v) is 6.43. The summed E-state index contributed by atoms with van der Waals surface area (Å²) in [6, 6.07) is 12.0. The third-order valence-electron chi connectivity index (χ3n) is 4.64. The van der Waals surface area contributed by atoms with Crippen LogP contribution in [0.15, 0.2) is 48.5 Å². The molecule has 0 spiro atoms. The number of carbonyl (C=O) groups is 1. The summed E-state index contributed by atoms with van der Waals surface area (Å²) in [6.07, 6.45) is 2.02. The molecule has 2 aromatic rings. The van der Waals surface area contributed by atoms with Gasteiger partial charge in [0.15, 0.2) is 0 Å². The van der Waals surface area contributed by atoms with Crippen LogP contribution in [0.3, 0.4) is 0 Å². The van der Waals surface area contributed by atoms with Crippen LogP contribution in [0, 0.1) is 11.6 Å². The van der Waals surface area contributed by atoms with Crippen LogP contribution in [0.4, 0.5) is 8.78 Å². The summed E-state index contributed by atoms with van der Waals surface area (Å²) in [4.78, 5) is 14.8. The van der Waals surface area contributed by atoms with Gasteiger partial charge in [0.1, 0.15) is 17.7 Å². The van der Waals surface area contributed by atoms with E-state index in [1.54, 1.807) is 6.92 Å². The van der Waals surface area contributed by atoms with Gasteiger partial charge in [-0.25, -0.2) is 8.78 Å². The smallest absolute Gasteiger partial charge is 0.244 e. The van der Waals surface area contributed by atoms with Crippen LogP contribution in [0.25, 0.3) is 0 Å². The average Bonchev–Trinajstić information content (AvgIpc) is 3.14. The number of hydrogen-bond donors (Lipinski definition) is 1. The number of amides is 1. The first-order valence-corrected chi connectivity index (χ1v) is 8.61. The standard InChI is InChI=1S/C20H22F2N2O/c1-14(17-10-9-16(21)13-18(17)22)23-19(15-7-3-2-4-8-15)20(25)24-11-5-6-12-24/h2-4,7-10,13-14,19,23H,5-6,11-12H2,1H3/t14-,19+/m1/s1. The van der Waals surface area contributed by atoms with Gasteiger partial charge in [-0.05, 0) is 31.4 Å². The van der Waals surface area contributed by atoms with Gasteiger partial charge in [-0.1, -0.05) is 36.4 Å². The number of nitrogens with one attached hydrogen (secondary N) is 1. The van der Waals surface area contributed by atoms with Crippen molar-refractivity contribution in [1.29, 1.82) is 0 Å². The Bertz CT molecular complexity index is 730. The molecular weight excluding hydrogens is 322 g/mol. The Kier molecular flexibility index (Phi) is 5.43. The van der Waals surface area contributed by atoms with E-state index in [1.165, 1.54) is 12.1 Å². The molecule has 25 heavy (non-hydrogen) atoms. The first kappa shape index (κ1) is 17.5. The third kappa shape index (κ3) is 4.04. The number of benzene rings is 2. The van der Waals surface area contributed by atoms with Crippen molar-refractivity contribution in [2.45, 2.75) is 31.8 Å². The monoisotopic (exact) mass is 344 g/mol. The van der Waals surface area contributed by atoms with E-state index >= 15 is 0 Å². The summed E-state index contributed by atoms with van der Waals surface area (Å²) in [7, 11) is 0. The van der Waals surface area contributed by atoms with E-state index in [2.05, 4.69) is 5.32 Å². The minimum absolute atomic E-state index is 0.00179. The van der Waals surface area contributed by atoms with Gasteiger partial charge in [0.25, 0.3) is 0 Å². The largest absolute Gasteiger partial charge is 0.341 e. The highest BCUT2D eigenvalue weighted by molar-refractivity contribution is 5.83. The van der Waals surface area contributed by atoms with E-state index < -0.39 is 23.7 Å². The molecule has 0 radical (unpaired) electrons. The molecule has 0 aromatic heterocycles. The van der Waals surface area contributed by atoms with Gasteiger partial charge >= 0.3 is 0 Å². The summed E-state index contributed by atoms with van der Waals surface area (Å²) >= 11 is 0. The number of halogens is 2. The van der Waals surface area contributed by atoms with E-state index in [1.807, 2.05) is 35.2 Å². The Morgan fingerprint density at radius 1 is 1.08 bits per heavy atom. The van der Waals surface area contributed by atoms with Crippen LogP contribution in [0.2, 0.25) is 0 Å². The van der Waals surface area contributed by atoms with E-state index in [4.69, 9.17) is 0 Å². The van der Waals surface area contributed by atoms with Gasteiger partial charge in [-0.3, -0.25) is 10.1 Å². The predicted molar refractivity (Wildman–Crippen MR) is 92.9 cm³/mol. The number of carbonyl (C=O) groups excluding carboxylic acids is 1. The molecule has 3 nitrogen and oxygen atoms in total. The SMILES string of the molecule is C[C@@H](N[C@H](C(=O)N1CCCC1)c1ccccc1)c1ccc(F)cc1F. The molecule has 2 aromatic carbocycles. The molecule has 1 amide bonds. The quantitative estimate of drug-likeness (QED) is 0.890. The summed E-state index contributed by atoms with van der Waals surface area (Å²) in [5.74, 6) is -1.22. The van der Waals surface area contributed by atoms with Crippen molar-refractivity contribution in [3.05, 3.63) is 71.3 Å². The molecule has 0 saturated carbocycles. The zero-order valence-corrected chi connectivity index (χ0v) is 14.2. The number of rotatable bonds is 5. The zero-order chi connectivity index (χ0) is 17.8. The fourth-order valence-electron chi connectivity index (χ4n) is 3.27. The molecule has 1 N–H and O–H groups in total. The van der Waals surface area contributed by atoms with Crippen molar-refractivity contribution in [1.82, 2.24) is 10.2 Å². The summed E-state index contributed by atoms with van der Waals surface area (Å²) < 4.78 is 27.2. The van der Waals surface area contributed by atoms with Gasteiger partial charge in [0.2, 0.25) is 5.91 Å². The van der Waals surface area contributed by atoms with Crippen molar-refractivity contribution in [2.75, 3.05) is 13.1 Å². The van der Waals surface area contributed by atoms with Crippen molar-refractivity contribution in [2.24, 2.45) is 0 Å². The van der Waals surface area contributed by atoms with Gasteiger partial charge in [0, 0.05) is 30.8 Å². The Labute approximate surface area is 146 Å². The summed E-state index contributed by atoms with van der Waals surface area (Å²) in [5.41, 5.74) is 1.19. The van der Waals surface area contributed by atoms with Crippen LogP contribution in [0.5, 0.6) is 0 Å².